The topological polar surface area (TPSA) is 69.7 Å². The Morgan fingerprint density at radius 1 is 1.27 bits per heavy atom. The van der Waals surface area contributed by atoms with E-state index < -0.39 is 17.5 Å². The maximum atomic E-state index is 12.9. The van der Waals surface area contributed by atoms with Crippen molar-refractivity contribution in [2.24, 2.45) is 0 Å². The van der Waals surface area contributed by atoms with E-state index >= 15 is 0 Å². The van der Waals surface area contributed by atoms with Gasteiger partial charge in [-0.15, -0.1) is 11.3 Å². The molecule has 2 heterocycles. The second-order valence-corrected chi connectivity index (χ2v) is 8.14. The van der Waals surface area contributed by atoms with Crippen molar-refractivity contribution in [2.45, 2.75) is 19.0 Å². The van der Waals surface area contributed by atoms with Gasteiger partial charge in [-0.25, -0.2) is 4.79 Å². The number of carbonyl (C=O) groups is 3. The van der Waals surface area contributed by atoms with Gasteiger partial charge in [0.1, 0.15) is 12.1 Å². The van der Waals surface area contributed by atoms with Crippen molar-refractivity contribution in [2.75, 3.05) is 13.6 Å². The van der Waals surface area contributed by atoms with Gasteiger partial charge < -0.3 is 10.2 Å². The number of thiophene rings is 1. The third-order valence-corrected chi connectivity index (χ3v) is 5.93. The molecule has 1 aromatic heterocycles. The lowest BCUT2D eigenvalue weighted by atomic mass is 9.92. The molecule has 2 aromatic rings. The van der Waals surface area contributed by atoms with Crippen LogP contribution >= 0.6 is 27.3 Å². The second-order valence-electron chi connectivity index (χ2n) is 6.26. The highest BCUT2D eigenvalue weighted by atomic mass is 79.9. The average molecular weight is 436 g/mol. The lowest BCUT2D eigenvalue weighted by molar-refractivity contribution is -0.138. The molecule has 26 heavy (non-hydrogen) atoms. The van der Waals surface area contributed by atoms with Crippen LogP contribution in [0.1, 0.15) is 17.4 Å². The Labute approximate surface area is 163 Å². The first-order chi connectivity index (χ1) is 12.3. The zero-order valence-corrected chi connectivity index (χ0v) is 16.8. The summed E-state index contributed by atoms with van der Waals surface area (Å²) in [4.78, 5) is 41.3. The molecule has 136 valence electrons. The SMILES string of the molecule is CN(Cc1cccs1)C(=O)CN1C(=O)NC(C)(c2ccccc2Br)C1=O. The second kappa shape index (κ2) is 7.20. The summed E-state index contributed by atoms with van der Waals surface area (Å²) in [5.41, 5.74) is -0.552. The zero-order valence-electron chi connectivity index (χ0n) is 14.4. The summed E-state index contributed by atoms with van der Waals surface area (Å²) in [7, 11) is 1.66. The van der Waals surface area contributed by atoms with Crippen LogP contribution in [0.2, 0.25) is 0 Å². The van der Waals surface area contributed by atoms with Crippen LogP contribution in [0, 0.1) is 0 Å². The molecule has 8 heteroatoms. The van der Waals surface area contributed by atoms with Crippen molar-refractivity contribution in [1.29, 1.82) is 0 Å². The van der Waals surface area contributed by atoms with Crippen molar-refractivity contribution in [3.63, 3.8) is 0 Å². The monoisotopic (exact) mass is 435 g/mol. The van der Waals surface area contributed by atoms with E-state index in [9.17, 15) is 14.4 Å². The van der Waals surface area contributed by atoms with E-state index in [0.717, 1.165) is 14.2 Å². The molecule has 1 N–H and O–H groups in total. The molecule has 1 saturated heterocycles. The van der Waals surface area contributed by atoms with Gasteiger partial charge in [0.2, 0.25) is 5.91 Å². The standard InChI is InChI=1S/C18H18BrN3O3S/c1-18(13-7-3-4-8-14(13)19)16(24)22(17(25)20-18)11-15(23)21(2)10-12-6-5-9-26-12/h3-9H,10-11H2,1-2H3,(H,20,25). The fourth-order valence-electron chi connectivity index (χ4n) is 2.87. The van der Waals surface area contributed by atoms with Crippen molar-refractivity contribution < 1.29 is 14.4 Å². The molecule has 1 aromatic carbocycles. The van der Waals surface area contributed by atoms with Crippen LogP contribution in [-0.4, -0.2) is 41.2 Å². The third-order valence-electron chi connectivity index (χ3n) is 4.38. The molecule has 6 nitrogen and oxygen atoms in total. The van der Waals surface area contributed by atoms with Gasteiger partial charge in [-0.1, -0.05) is 40.2 Å². The number of nitrogens with zero attached hydrogens (tertiary/aromatic N) is 2. The number of nitrogens with one attached hydrogen (secondary N) is 1. The van der Waals surface area contributed by atoms with Crippen molar-refractivity contribution >= 4 is 45.1 Å². The number of carbonyl (C=O) groups excluding carboxylic acids is 3. The third kappa shape index (κ3) is 3.39. The van der Waals surface area contributed by atoms with Gasteiger partial charge in [0.25, 0.3) is 5.91 Å². The zero-order chi connectivity index (χ0) is 18.9. The van der Waals surface area contributed by atoms with Crippen LogP contribution in [0.15, 0.2) is 46.3 Å². The van der Waals surface area contributed by atoms with Gasteiger partial charge in [0.15, 0.2) is 0 Å². The van der Waals surface area contributed by atoms with Crippen LogP contribution < -0.4 is 5.32 Å². The first kappa shape index (κ1) is 18.6. The predicted molar refractivity (Wildman–Crippen MR) is 103 cm³/mol. The number of hydrogen-bond acceptors (Lipinski definition) is 4. The van der Waals surface area contributed by atoms with Crippen LogP contribution in [0.3, 0.4) is 0 Å². The first-order valence-corrected chi connectivity index (χ1v) is 9.65. The number of urea groups is 1. The maximum absolute atomic E-state index is 12.9. The van der Waals surface area contributed by atoms with Gasteiger partial charge in [-0.05, 0) is 24.4 Å². The Balaban J connectivity index is 1.75. The Hall–Kier alpha value is -2.19. The fourth-order valence-corrected chi connectivity index (χ4v) is 4.31. The Morgan fingerprint density at radius 3 is 2.65 bits per heavy atom. The van der Waals surface area contributed by atoms with Gasteiger partial charge in [-0.2, -0.15) is 0 Å². The maximum Gasteiger partial charge on any atom is 0.325 e. The minimum Gasteiger partial charge on any atom is -0.339 e. The summed E-state index contributed by atoms with van der Waals surface area (Å²) in [5.74, 6) is -0.731. The van der Waals surface area contributed by atoms with Gasteiger partial charge in [-0.3, -0.25) is 14.5 Å². The minimum absolute atomic E-state index is 0.285. The van der Waals surface area contributed by atoms with Crippen LogP contribution in [0.4, 0.5) is 4.79 Å². The summed E-state index contributed by atoms with van der Waals surface area (Å²) < 4.78 is 0.721. The molecule has 1 aliphatic rings. The number of likely N-dealkylation sites (N-methyl/N-ethyl adjacent to an activating group) is 1. The number of amides is 4. The van der Waals surface area contributed by atoms with E-state index in [1.165, 1.54) is 4.90 Å². The lowest BCUT2D eigenvalue weighted by Crippen LogP contribution is -2.43. The molecule has 1 atom stereocenters. The molecule has 0 aliphatic carbocycles. The number of imide groups is 1. The molecule has 1 unspecified atom stereocenters. The Morgan fingerprint density at radius 2 is 2.00 bits per heavy atom. The normalized spacial score (nSPS) is 19.6. The highest BCUT2D eigenvalue weighted by Crippen LogP contribution is 2.33. The number of benzene rings is 1. The average Bonchev–Trinajstić information content (AvgIpc) is 3.18. The van der Waals surface area contributed by atoms with E-state index in [4.69, 9.17) is 0 Å². The van der Waals surface area contributed by atoms with Crippen LogP contribution in [0.25, 0.3) is 0 Å². The van der Waals surface area contributed by atoms with Crippen LogP contribution in [-0.2, 0) is 21.7 Å². The van der Waals surface area contributed by atoms with E-state index in [2.05, 4.69) is 21.2 Å². The van der Waals surface area contributed by atoms with E-state index in [1.54, 1.807) is 37.4 Å². The summed E-state index contributed by atoms with van der Waals surface area (Å²) in [5, 5.41) is 4.65. The van der Waals surface area contributed by atoms with E-state index in [1.807, 2.05) is 29.6 Å². The smallest absolute Gasteiger partial charge is 0.325 e. The molecule has 1 aliphatic heterocycles. The molecule has 3 rings (SSSR count). The molecule has 0 saturated carbocycles. The summed E-state index contributed by atoms with van der Waals surface area (Å²) in [6.45, 7) is 1.81. The van der Waals surface area contributed by atoms with Gasteiger partial charge in [0.05, 0.1) is 6.54 Å². The number of rotatable bonds is 5. The number of halogens is 1. The quantitative estimate of drug-likeness (QED) is 0.733. The molecule has 0 bridgehead atoms. The van der Waals surface area contributed by atoms with Crippen LogP contribution in [0.5, 0.6) is 0 Å². The largest absolute Gasteiger partial charge is 0.339 e. The number of hydrogen-bond donors (Lipinski definition) is 1. The fraction of sp³-hybridized carbons (Fsp3) is 0.278. The van der Waals surface area contributed by atoms with E-state index in [-0.39, 0.29) is 12.5 Å². The van der Waals surface area contributed by atoms with Crippen molar-refractivity contribution in [3.05, 3.63) is 56.7 Å². The van der Waals surface area contributed by atoms with Gasteiger partial charge >= 0.3 is 6.03 Å². The Bertz CT molecular complexity index is 855. The highest BCUT2D eigenvalue weighted by molar-refractivity contribution is 9.10. The summed E-state index contributed by atoms with van der Waals surface area (Å²) in [6, 6.07) is 10.5. The Kier molecular flexibility index (Phi) is 5.15. The highest BCUT2D eigenvalue weighted by Gasteiger charge is 2.50. The molecule has 0 radical (unpaired) electrons. The molecule has 1 fully saturated rings. The molecular weight excluding hydrogens is 418 g/mol. The minimum atomic E-state index is -1.20. The molecule has 4 amide bonds. The summed E-state index contributed by atoms with van der Waals surface area (Å²) in [6.07, 6.45) is 0. The predicted octanol–water partition coefficient (Wildman–Crippen LogP) is 2.94. The van der Waals surface area contributed by atoms with Crippen molar-refractivity contribution in [3.8, 4) is 0 Å². The lowest BCUT2D eigenvalue weighted by Gasteiger charge is -2.24. The van der Waals surface area contributed by atoms with Gasteiger partial charge in [0, 0.05) is 22.0 Å². The molecular formula is C18H18BrN3O3S. The van der Waals surface area contributed by atoms with E-state index in [0.29, 0.717) is 12.1 Å². The molecule has 0 spiro atoms. The summed E-state index contributed by atoms with van der Waals surface area (Å²) >= 11 is 4.97. The first-order valence-electron chi connectivity index (χ1n) is 7.98. The van der Waals surface area contributed by atoms with Crippen molar-refractivity contribution in [1.82, 2.24) is 15.1 Å².